The topological polar surface area (TPSA) is 160 Å². The minimum Gasteiger partial charge on any atom is -0.394 e. The molecule has 0 amide bonds. The van der Waals surface area contributed by atoms with Gasteiger partial charge < -0.3 is 24.4 Å². The van der Waals surface area contributed by atoms with Crippen molar-refractivity contribution in [2.24, 2.45) is 5.50 Å². The summed E-state index contributed by atoms with van der Waals surface area (Å²) in [5, 5.41) is 18.5. The Bertz CT molecular complexity index is 915. The third-order valence-electron chi connectivity index (χ3n) is 4.45. The second-order valence-electron chi connectivity index (χ2n) is 6.60. The molecule has 1 aromatic carbocycles. The molecule has 1 aromatic heterocycles. The molecule has 0 aliphatic carbocycles. The van der Waals surface area contributed by atoms with Crippen molar-refractivity contribution < 1.29 is 24.4 Å². The van der Waals surface area contributed by atoms with E-state index in [1.807, 2.05) is 31.2 Å². The Morgan fingerprint density at radius 1 is 1.31 bits per heavy atom. The number of aryl methyl sites for hydroxylation is 2. The van der Waals surface area contributed by atoms with E-state index >= 15 is 0 Å². The van der Waals surface area contributed by atoms with Gasteiger partial charge in [0.15, 0.2) is 0 Å². The first-order valence-corrected chi connectivity index (χ1v) is 10.2. The summed E-state index contributed by atoms with van der Waals surface area (Å²) in [6.07, 6.45) is -0.581. The van der Waals surface area contributed by atoms with Crippen LogP contribution < -0.4 is 16.8 Å². The van der Waals surface area contributed by atoms with Gasteiger partial charge in [0, 0.05) is 18.2 Å². The molecular formula is C18H26N3O7P. The lowest BCUT2D eigenvalue weighted by Crippen LogP contribution is -2.33. The van der Waals surface area contributed by atoms with Gasteiger partial charge >= 0.3 is 5.69 Å². The van der Waals surface area contributed by atoms with Crippen molar-refractivity contribution in [3.8, 4) is 0 Å². The third kappa shape index (κ3) is 6.55. The number of aromatic amines is 1. The highest BCUT2D eigenvalue weighted by Gasteiger charge is 2.34. The van der Waals surface area contributed by atoms with E-state index in [2.05, 4.69) is 4.98 Å². The molecule has 1 aliphatic heterocycles. The molecule has 1 saturated heterocycles. The van der Waals surface area contributed by atoms with Crippen LogP contribution >= 0.6 is 8.53 Å². The summed E-state index contributed by atoms with van der Waals surface area (Å²) in [5.74, 6) is 0. The Labute approximate surface area is 168 Å². The van der Waals surface area contributed by atoms with Crippen LogP contribution in [0.1, 0.15) is 29.3 Å². The van der Waals surface area contributed by atoms with Gasteiger partial charge in [0.1, 0.15) is 12.3 Å². The number of benzene rings is 1. The van der Waals surface area contributed by atoms with Gasteiger partial charge in [-0.05, 0) is 25.0 Å². The van der Waals surface area contributed by atoms with Gasteiger partial charge in [-0.25, -0.2) is 4.79 Å². The van der Waals surface area contributed by atoms with Crippen LogP contribution in [0.3, 0.4) is 0 Å². The maximum absolute atomic E-state index is 11.6. The number of aromatic nitrogens is 2. The summed E-state index contributed by atoms with van der Waals surface area (Å²) in [6.45, 7) is 3.64. The van der Waals surface area contributed by atoms with Crippen LogP contribution in [0.25, 0.3) is 0 Å². The van der Waals surface area contributed by atoms with E-state index in [0.717, 1.165) is 11.1 Å². The quantitative estimate of drug-likeness (QED) is 0.422. The Balaban J connectivity index is 0.000000221. The molecule has 11 heteroatoms. The minimum absolute atomic E-state index is 0.205. The number of aliphatic hydroxyl groups excluding tert-OH is 2. The van der Waals surface area contributed by atoms with Crippen LogP contribution in [0.4, 0.5) is 0 Å². The van der Waals surface area contributed by atoms with Crippen molar-refractivity contribution in [2.45, 2.75) is 45.3 Å². The number of nitrogens with one attached hydrogen (secondary N) is 1. The molecule has 0 saturated carbocycles. The summed E-state index contributed by atoms with van der Waals surface area (Å²) in [6, 6.07) is 7.84. The number of ether oxygens (including phenoxy) is 1. The summed E-state index contributed by atoms with van der Waals surface area (Å²) in [7, 11) is -1.74. The number of hydrogen-bond acceptors (Lipinski definition) is 8. The predicted octanol–water partition coefficient (Wildman–Crippen LogP) is 0.175. The zero-order chi connectivity index (χ0) is 21.6. The summed E-state index contributed by atoms with van der Waals surface area (Å²) in [5.41, 5.74) is 6.65. The van der Waals surface area contributed by atoms with E-state index < -0.39 is 38.2 Å². The zero-order valence-corrected chi connectivity index (χ0v) is 17.1. The molecule has 3 rings (SSSR count). The first-order chi connectivity index (χ1) is 13.7. The Morgan fingerprint density at radius 3 is 2.59 bits per heavy atom. The van der Waals surface area contributed by atoms with E-state index in [-0.39, 0.29) is 13.0 Å². The molecule has 0 bridgehead atoms. The predicted molar refractivity (Wildman–Crippen MR) is 107 cm³/mol. The fraction of sp³-hybridized carbons (Fsp3) is 0.444. The van der Waals surface area contributed by atoms with Gasteiger partial charge in [-0.2, -0.15) is 0 Å². The number of H-pyrrole nitrogens is 1. The van der Waals surface area contributed by atoms with E-state index in [1.54, 1.807) is 6.92 Å². The average molecular weight is 427 g/mol. The van der Waals surface area contributed by atoms with Crippen molar-refractivity contribution in [1.82, 2.24) is 9.55 Å². The molecule has 1 fully saturated rings. The van der Waals surface area contributed by atoms with Crippen LogP contribution in [-0.4, -0.2) is 43.5 Å². The highest BCUT2D eigenvalue weighted by atomic mass is 31.2. The minimum atomic E-state index is -1.74. The molecule has 0 radical (unpaired) electrons. The zero-order valence-electron chi connectivity index (χ0n) is 16.2. The number of hydrogen-bond donors (Lipinski definition) is 5. The smallest absolute Gasteiger partial charge is 0.330 e. The largest absolute Gasteiger partial charge is 0.394 e. The van der Waals surface area contributed by atoms with Crippen LogP contribution in [0, 0.1) is 13.8 Å². The average Bonchev–Trinajstić information content (AvgIpc) is 3.05. The lowest BCUT2D eigenvalue weighted by Gasteiger charge is -2.14. The highest BCUT2D eigenvalue weighted by molar-refractivity contribution is 7.43. The summed E-state index contributed by atoms with van der Waals surface area (Å²) >= 11 is 0. The molecule has 10 nitrogen and oxygen atoms in total. The van der Waals surface area contributed by atoms with E-state index in [1.165, 1.54) is 10.8 Å². The maximum Gasteiger partial charge on any atom is 0.330 e. The number of nitrogens with two attached hydrogens (primary N) is 1. The fourth-order valence-electron chi connectivity index (χ4n) is 2.76. The molecule has 1 unspecified atom stereocenters. The van der Waals surface area contributed by atoms with Gasteiger partial charge in [0.2, 0.25) is 8.53 Å². The summed E-state index contributed by atoms with van der Waals surface area (Å²) in [4.78, 5) is 33.6. The third-order valence-corrected chi connectivity index (χ3v) is 4.85. The van der Waals surface area contributed by atoms with Crippen molar-refractivity contribution in [3.63, 3.8) is 0 Å². The molecule has 160 valence electrons. The molecule has 29 heavy (non-hydrogen) atoms. The summed E-state index contributed by atoms with van der Waals surface area (Å²) < 4.78 is 11.5. The first kappa shape index (κ1) is 23.4. The van der Waals surface area contributed by atoms with Crippen molar-refractivity contribution in [1.29, 1.82) is 0 Å². The first-order valence-electron chi connectivity index (χ1n) is 8.90. The second kappa shape index (κ2) is 10.7. The second-order valence-corrected chi connectivity index (χ2v) is 7.46. The molecule has 4 atom stereocenters. The van der Waals surface area contributed by atoms with Gasteiger partial charge in [0.05, 0.1) is 19.3 Å². The van der Waals surface area contributed by atoms with Crippen LogP contribution in [0.5, 0.6) is 0 Å². The Kier molecular flexibility index (Phi) is 8.66. The maximum atomic E-state index is 11.6. The lowest BCUT2D eigenvalue weighted by molar-refractivity contribution is -0.0459. The molecule has 2 aromatic rings. The lowest BCUT2D eigenvalue weighted by atomic mass is 10.1. The van der Waals surface area contributed by atoms with Crippen molar-refractivity contribution in [2.75, 3.05) is 6.61 Å². The van der Waals surface area contributed by atoms with E-state index in [4.69, 9.17) is 24.8 Å². The van der Waals surface area contributed by atoms with Crippen LogP contribution in [0.2, 0.25) is 0 Å². The van der Waals surface area contributed by atoms with Gasteiger partial charge in [0.25, 0.3) is 5.56 Å². The van der Waals surface area contributed by atoms with Crippen molar-refractivity contribution in [3.05, 3.63) is 68.0 Å². The van der Waals surface area contributed by atoms with Crippen LogP contribution in [-0.2, 0) is 15.9 Å². The molecule has 1 aliphatic rings. The normalized spacial score (nSPS) is 22.1. The number of nitrogens with zero attached hydrogens (tertiary/aromatic N) is 1. The standard InChI is InChI=1S/C10H14N2O5.C8H12NO2P/c1-5-3-12(10(16)11-9(5)15)8-2-6(14)7(4-13)17-8;1-7-4-2-3-5-8(7)6-11-12(9)10/h3,6-8,13-14H,2,4H2,1H3,(H,11,15,16);2-5,10H,6,9H2,1H3/t6-,7+,8+;/m0./s1. The van der Waals surface area contributed by atoms with Gasteiger partial charge in [-0.15, -0.1) is 0 Å². The molecular weight excluding hydrogens is 401 g/mol. The SMILES string of the molecule is Cc1ccccc1COP(N)O.Cc1cn([C@H]2C[C@H](O)[C@@H](CO)O2)c(=O)[nH]c1=O. The molecule has 2 heterocycles. The van der Waals surface area contributed by atoms with E-state index in [9.17, 15) is 14.7 Å². The highest BCUT2D eigenvalue weighted by Crippen LogP contribution is 2.27. The number of aliphatic hydroxyl groups is 2. The Morgan fingerprint density at radius 2 is 2.00 bits per heavy atom. The number of rotatable bonds is 5. The van der Waals surface area contributed by atoms with Gasteiger partial charge in [-0.1, -0.05) is 24.3 Å². The molecule has 0 spiro atoms. The van der Waals surface area contributed by atoms with E-state index in [0.29, 0.717) is 12.2 Å². The molecule has 6 N–H and O–H groups in total. The van der Waals surface area contributed by atoms with Gasteiger partial charge in [-0.3, -0.25) is 19.8 Å². The Hall–Kier alpha value is -1.91. The van der Waals surface area contributed by atoms with Crippen molar-refractivity contribution >= 4 is 8.53 Å². The van der Waals surface area contributed by atoms with Crippen LogP contribution in [0.15, 0.2) is 40.1 Å². The fourth-order valence-corrected chi connectivity index (χ4v) is 3.03. The monoisotopic (exact) mass is 427 g/mol.